The molecule has 0 spiro atoms. The Hall–Kier alpha value is -2.13. The number of para-hydroxylation sites is 1. The fraction of sp³-hybridized carbons (Fsp3) is 0.235. The molecular formula is C17H19N3. The molecule has 0 saturated heterocycles. The van der Waals surface area contributed by atoms with E-state index in [-0.39, 0.29) is 0 Å². The highest BCUT2D eigenvalue weighted by atomic mass is 14.7. The first-order valence-electron chi connectivity index (χ1n) is 7.10. The van der Waals surface area contributed by atoms with E-state index in [1.807, 2.05) is 12.4 Å². The van der Waals surface area contributed by atoms with Gasteiger partial charge in [0.05, 0.1) is 0 Å². The number of aromatic nitrogens is 2. The van der Waals surface area contributed by atoms with Gasteiger partial charge in [-0.1, -0.05) is 18.2 Å². The van der Waals surface area contributed by atoms with E-state index in [1.165, 1.54) is 27.7 Å². The molecule has 3 rings (SSSR count). The number of H-pyrrole nitrogens is 1. The van der Waals surface area contributed by atoms with Gasteiger partial charge < -0.3 is 10.7 Å². The molecule has 3 nitrogen and oxygen atoms in total. The van der Waals surface area contributed by atoms with Crippen LogP contribution in [0.25, 0.3) is 22.2 Å². The Kier molecular flexibility index (Phi) is 3.79. The van der Waals surface area contributed by atoms with Crippen LogP contribution in [-0.2, 0) is 6.42 Å². The Morgan fingerprint density at radius 1 is 1.00 bits per heavy atom. The molecule has 0 amide bonds. The van der Waals surface area contributed by atoms with Gasteiger partial charge in [-0.15, -0.1) is 0 Å². The van der Waals surface area contributed by atoms with Crippen molar-refractivity contribution in [2.45, 2.75) is 19.3 Å². The highest BCUT2D eigenvalue weighted by Crippen LogP contribution is 2.31. The highest BCUT2D eigenvalue weighted by molar-refractivity contribution is 5.90. The second-order valence-electron chi connectivity index (χ2n) is 5.01. The Morgan fingerprint density at radius 3 is 2.60 bits per heavy atom. The first-order chi connectivity index (χ1) is 9.90. The summed E-state index contributed by atoms with van der Waals surface area (Å²) in [6, 6.07) is 12.6. The fourth-order valence-electron chi connectivity index (χ4n) is 2.67. The van der Waals surface area contributed by atoms with Crippen LogP contribution in [0, 0.1) is 0 Å². The molecule has 0 radical (unpaired) electrons. The maximum atomic E-state index is 5.61. The SMILES string of the molecule is NCCCCc1c(-c2ccncc2)[nH]c2ccccc12. The number of hydrogen-bond acceptors (Lipinski definition) is 2. The number of nitrogens with one attached hydrogen (secondary N) is 1. The number of rotatable bonds is 5. The van der Waals surface area contributed by atoms with Gasteiger partial charge in [0.15, 0.2) is 0 Å². The van der Waals surface area contributed by atoms with Crippen LogP contribution in [0.4, 0.5) is 0 Å². The van der Waals surface area contributed by atoms with E-state index in [9.17, 15) is 0 Å². The Labute approximate surface area is 118 Å². The van der Waals surface area contributed by atoms with E-state index in [0.717, 1.165) is 25.8 Å². The minimum atomic E-state index is 0.757. The molecule has 0 atom stereocenters. The number of nitrogens with two attached hydrogens (primary N) is 1. The Bertz CT molecular complexity index is 686. The van der Waals surface area contributed by atoms with E-state index in [2.05, 4.69) is 46.4 Å². The number of nitrogens with zero attached hydrogens (tertiary/aromatic N) is 1. The molecule has 0 aliphatic heterocycles. The van der Waals surface area contributed by atoms with Crippen molar-refractivity contribution in [3.63, 3.8) is 0 Å². The lowest BCUT2D eigenvalue weighted by Gasteiger charge is -2.04. The molecule has 0 aliphatic rings. The van der Waals surface area contributed by atoms with E-state index in [1.54, 1.807) is 0 Å². The average Bonchev–Trinajstić information content (AvgIpc) is 2.87. The predicted octanol–water partition coefficient (Wildman–Crippen LogP) is 3.51. The van der Waals surface area contributed by atoms with Crippen molar-refractivity contribution in [2.75, 3.05) is 6.54 Å². The fourth-order valence-corrected chi connectivity index (χ4v) is 2.67. The van der Waals surface area contributed by atoms with E-state index in [0.29, 0.717) is 0 Å². The lowest BCUT2D eigenvalue weighted by Crippen LogP contribution is -1.99. The molecule has 3 aromatic rings. The maximum absolute atomic E-state index is 5.61. The van der Waals surface area contributed by atoms with Crippen LogP contribution in [0.15, 0.2) is 48.8 Å². The van der Waals surface area contributed by atoms with Crippen molar-refractivity contribution >= 4 is 10.9 Å². The summed E-state index contributed by atoms with van der Waals surface area (Å²) in [5.41, 5.74) is 10.6. The molecule has 2 heterocycles. The summed E-state index contributed by atoms with van der Waals surface area (Å²) in [6.45, 7) is 0.757. The first-order valence-corrected chi connectivity index (χ1v) is 7.10. The molecule has 0 bridgehead atoms. The summed E-state index contributed by atoms with van der Waals surface area (Å²) in [5.74, 6) is 0. The molecule has 0 unspecified atom stereocenters. The molecule has 0 saturated carbocycles. The minimum Gasteiger partial charge on any atom is -0.354 e. The van der Waals surface area contributed by atoms with Crippen molar-refractivity contribution in [3.8, 4) is 11.3 Å². The largest absolute Gasteiger partial charge is 0.354 e. The monoisotopic (exact) mass is 265 g/mol. The van der Waals surface area contributed by atoms with Gasteiger partial charge in [0.25, 0.3) is 0 Å². The summed E-state index contributed by atoms with van der Waals surface area (Å²) in [7, 11) is 0. The van der Waals surface area contributed by atoms with Gasteiger partial charge in [0.1, 0.15) is 0 Å². The van der Waals surface area contributed by atoms with Gasteiger partial charge in [-0.25, -0.2) is 0 Å². The standard InChI is InChI=1S/C17H19N3/c18-10-4-3-6-15-14-5-1-2-7-16(14)20-17(15)13-8-11-19-12-9-13/h1-2,5,7-9,11-12,20H,3-4,6,10,18H2. The average molecular weight is 265 g/mol. The van der Waals surface area contributed by atoms with Crippen LogP contribution in [0.2, 0.25) is 0 Å². The number of unbranched alkanes of at least 4 members (excludes halogenated alkanes) is 1. The minimum absolute atomic E-state index is 0.757. The van der Waals surface area contributed by atoms with Crippen LogP contribution in [0.5, 0.6) is 0 Å². The summed E-state index contributed by atoms with van der Waals surface area (Å²) in [6.07, 6.45) is 6.92. The van der Waals surface area contributed by atoms with Crippen molar-refractivity contribution in [3.05, 3.63) is 54.4 Å². The highest BCUT2D eigenvalue weighted by Gasteiger charge is 2.12. The van der Waals surface area contributed by atoms with Gasteiger partial charge in [-0.3, -0.25) is 4.98 Å². The summed E-state index contributed by atoms with van der Waals surface area (Å²) in [5, 5.41) is 1.32. The first kappa shape index (κ1) is 12.9. The van der Waals surface area contributed by atoms with E-state index in [4.69, 9.17) is 5.73 Å². The zero-order valence-corrected chi connectivity index (χ0v) is 11.5. The molecule has 20 heavy (non-hydrogen) atoms. The molecule has 2 aromatic heterocycles. The number of aromatic amines is 1. The third kappa shape index (κ3) is 2.45. The van der Waals surface area contributed by atoms with Gasteiger partial charge in [-0.05, 0) is 49.6 Å². The summed E-state index contributed by atoms with van der Waals surface area (Å²) >= 11 is 0. The number of pyridine rings is 1. The van der Waals surface area contributed by atoms with Crippen LogP contribution >= 0.6 is 0 Å². The van der Waals surface area contributed by atoms with Crippen molar-refractivity contribution in [2.24, 2.45) is 5.73 Å². The van der Waals surface area contributed by atoms with Gasteiger partial charge in [-0.2, -0.15) is 0 Å². The summed E-state index contributed by atoms with van der Waals surface area (Å²) in [4.78, 5) is 7.65. The molecule has 0 aliphatic carbocycles. The third-order valence-electron chi connectivity index (χ3n) is 3.66. The number of benzene rings is 1. The van der Waals surface area contributed by atoms with Gasteiger partial charge >= 0.3 is 0 Å². The lowest BCUT2D eigenvalue weighted by atomic mass is 10.0. The summed E-state index contributed by atoms with van der Waals surface area (Å²) < 4.78 is 0. The third-order valence-corrected chi connectivity index (χ3v) is 3.66. The molecular weight excluding hydrogens is 246 g/mol. The topological polar surface area (TPSA) is 54.7 Å². The number of fused-ring (bicyclic) bond motifs is 1. The zero-order valence-electron chi connectivity index (χ0n) is 11.5. The molecule has 1 aromatic carbocycles. The quantitative estimate of drug-likeness (QED) is 0.694. The van der Waals surface area contributed by atoms with E-state index >= 15 is 0 Å². The zero-order chi connectivity index (χ0) is 13.8. The van der Waals surface area contributed by atoms with Crippen molar-refractivity contribution < 1.29 is 0 Å². The Morgan fingerprint density at radius 2 is 1.80 bits per heavy atom. The second-order valence-corrected chi connectivity index (χ2v) is 5.01. The van der Waals surface area contributed by atoms with Crippen LogP contribution < -0.4 is 5.73 Å². The van der Waals surface area contributed by atoms with Crippen molar-refractivity contribution in [1.29, 1.82) is 0 Å². The molecule has 0 fully saturated rings. The second kappa shape index (κ2) is 5.88. The smallest absolute Gasteiger partial charge is 0.0498 e. The normalized spacial score (nSPS) is 11.1. The van der Waals surface area contributed by atoms with Crippen LogP contribution in [0.3, 0.4) is 0 Å². The van der Waals surface area contributed by atoms with Crippen molar-refractivity contribution in [1.82, 2.24) is 9.97 Å². The Balaban J connectivity index is 2.08. The van der Waals surface area contributed by atoms with Crippen LogP contribution in [0.1, 0.15) is 18.4 Å². The van der Waals surface area contributed by atoms with Gasteiger partial charge in [0, 0.05) is 34.6 Å². The maximum Gasteiger partial charge on any atom is 0.0498 e. The lowest BCUT2D eigenvalue weighted by molar-refractivity contribution is 0.748. The van der Waals surface area contributed by atoms with Crippen LogP contribution in [-0.4, -0.2) is 16.5 Å². The molecule has 102 valence electrons. The van der Waals surface area contributed by atoms with E-state index < -0.39 is 0 Å². The number of aryl methyl sites for hydroxylation is 1. The number of hydrogen-bond donors (Lipinski definition) is 2. The predicted molar refractivity (Wildman–Crippen MR) is 83.5 cm³/mol. The molecule has 3 heteroatoms. The molecule has 3 N–H and O–H groups in total. The van der Waals surface area contributed by atoms with Gasteiger partial charge in [0.2, 0.25) is 0 Å².